The number of methoxy groups -OCH3 is 2. The van der Waals surface area contributed by atoms with Crippen LogP contribution in [-0.4, -0.2) is 31.3 Å². The Bertz CT molecular complexity index is 1180. The van der Waals surface area contributed by atoms with E-state index in [9.17, 15) is 28.7 Å². The number of nitriles is 1. The van der Waals surface area contributed by atoms with Crippen LogP contribution in [0.2, 0.25) is 0 Å². The van der Waals surface area contributed by atoms with Crippen molar-refractivity contribution in [1.82, 2.24) is 0 Å². The van der Waals surface area contributed by atoms with Gasteiger partial charge in [0.2, 0.25) is 0 Å². The van der Waals surface area contributed by atoms with Gasteiger partial charge in [-0.1, -0.05) is 30.3 Å². The molecule has 0 amide bonds. The van der Waals surface area contributed by atoms with Crippen molar-refractivity contribution < 1.29 is 33.0 Å². The molecular formula is C22H17F2N3O5. The Morgan fingerprint density at radius 1 is 1.09 bits per heavy atom. The van der Waals surface area contributed by atoms with Gasteiger partial charge in [-0.15, -0.1) is 0 Å². The lowest BCUT2D eigenvalue weighted by molar-refractivity contribution is -0.139. The maximum Gasteiger partial charge on any atom is 0.355 e. The van der Waals surface area contributed by atoms with Crippen LogP contribution < -0.4 is 10.6 Å². The van der Waals surface area contributed by atoms with Crippen LogP contribution in [-0.2, 0) is 19.1 Å². The molecule has 2 aromatic rings. The quantitative estimate of drug-likeness (QED) is 0.694. The Kier molecular flexibility index (Phi) is 6.11. The first-order chi connectivity index (χ1) is 15.3. The number of halogens is 2. The normalized spacial score (nSPS) is 16.0. The number of esters is 2. The van der Waals surface area contributed by atoms with Crippen molar-refractivity contribution in [3.05, 3.63) is 82.3 Å². The van der Waals surface area contributed by atoms with Crippen LogP contribution in [0.25, 0.3) is 0 Å². The smallest absolute Gasteiger partial charge is 0.355 e. The maximum atomic E-state index is 14.8. The number of phenols is 1. The van der Waals surface area contributed by atoms with Gasteiger partial charge in [-0.25, -0.2) is 18.4 Å². The number of aromatic hydroxyl groups is 1. The molecule has 0 aliphatic carbocycles. The molecule has 1 aliphatic rings. The maximum absolute atomic E-state index is 14.8. The lowest BCUT2D eigenvalue weighted by atomic mass is 9.81. The Balaban J connectivity index is 2.48. The average molecular weight is 441 g/mol. The molecule has 10 heteroatoms. The summed E-state index contributed by atoms with van der Waals surface area (Å²) >= 11 is 0. The Labute approximate surface area is 181 Å². The first-order valence-corrected chi connectivity index (χ1v) is 9.10. The fraction of sp³-hybridized carbons (Fsp3) is 0.136. The van der Waals surface area contributed by atoms with Crippen LogP contribution in [0.1, 0.15) is 11.5 Å². The van der Waals surface area contributed by atoms with Gasteiger partial charge >= 0.3 is 11.9 Å². The SMILES string of the molecule is COC(=O)C1=C(C(=O)OC)N(c2c(F)cc(O)cc2F)C(N)=C(C#N)C1c1ccccc1. The molecule has 8 nitrogen and oxygen atoms in total. The van der Waals surface area contributed by atoms with Crippen molar-refractivity contribution in [2.75, 3.05) is 19.1 Å². The average Bonchev–Trinajstić information content (AvgIpc) is 2.78. The van der Waals surface area contributed by atoms with Crippen LogP contribution in [0, 0.1) is 23.0 Å². The number of carbonyl (C=O) groups is 2. The number of anilines is 1. The summed E-state index contributed by atoms with van der Waals surface area (Å²) in [5.41, 5.74) is 4.38. The number of nitrogens with two attached hydrogens (primary N) is 1. The van der Waals surface area contributed by atoms with Gasteiger partial charge in [-0.2, -0.15) is 5.26 Å². The summed E-state index contributed by atoms with van der Waals surface area (Å²) in [7, 11) is 2.05. The number of benzene rings is 2. The van der Waals surface area contributed by atoms with E-state index in [4.69, 9.17) is 15.2 Å². The first kappa shape index (κ1) is 22.3. The number of ether oxygens (including phenoxy) is 2. The molecule has 2 aromatic carbocycles. The monoisotopic (exact) mass is 441 g/mol. The largest absolute Gasteiger partial charge is 0.508 e. The van der Waals surface area contributed by atoms with E-state index in [1.165, 1.54) is 0 Å². The predicted molar refractivity (Wildman–Crippen MR) is 108 cm³/mol. The summed E-state index contributed by atoms with van der Waals surface area (Å²) in [5, 5.41) is 19.4. The van der Waals surface area contributed by atoms with Crippen molar-refractivity contribution in [1.29, 1.82) is 5.26 Å². The second-order valence-electron chi connectivity index (χ2n) is 6.59. The third kappa shape index (κ3) is 3.60. The van der Waals surface area contributed by atoms with E-state index in [0.29, 0.717) is 22.6 Å². The highest BCUT2D eigenvalue weighted by Gasteiger charge is 2.44. The lowest BCUT2D eigenvalue weighted by Gasteiger charge is -2.36. The van der Waals surface area contributed by atoms with E-state index in [-0.39, 0.29) is 5.57 Å². The van der Waals surface area contributed by atoms with Crippen molar-refractivity contribution >= 4 is 17.6 Å². The van der Waals surface area contributed by atoms with Gasteiger partial charge in [0.25, 0.3) is 0 Å². The molecule has 0 radical (unpaired) electrons. The minimum Gasteiger partial charge on any atom is -0.508 e. The van der Waals surface area contributed by atoms with Gasteiger partial charge < -0.3 is 20.3 Å². The van der Waals surface area contributed by atoms with E-state index in [1.54, 1.807) is 30.3 Å². The van der Waals surface area contributed by atoms with Crippen LogP contribution >= 0.6 is 0 Å². The van der Waals surface area contributed by atoms with Crippen molar-refractivity contribution in [3.8, 4) is 11.8 Å². The Morgan fingerprint density at radius 3 is 2.16 bits per heavy atom. The summed E-state index contributed by atoms with van der Waals surface area (Å²) in [4.78, 5) is 26.2. The summed E-state index contributed by atoms with van der Waals surface area (Å²) in [6.07, 6.45) is 0. The second kappa shape index (κ2) is 8.77. The van der Waals surface area contributed by atoms with Crippen molar-refractivity contribution in [2.24, 2.45) is 5.73 Å². The van der Waals surface area contributed by atoms with Crippen LogP contribution in [0.4, 0.5) is 14.5 Å². The van der Waals surface area contributed by atoms with E-state index in [1.807, 2.05) is 6.07 Å². The summed E-state index contributed by atoms with van der Waals surface area (Å²) < 4.78 is 39.2. The molecule has 1 aliphatic heterocycles. The fourth-order valence-electron chi connectivity index (χ4n) is 3.51. The van der Waals surface area contributed by atoms with Gasteiger partial charge in [0.15, 0.2) is 11.6 Å². The number of allylic oxidation sites excluding steroid dienone is 1. The minimum absolute atomic E-state index is 0.254. The lowest BCUT2D eigenvalue weighted by Crippen LogP contribution is -2.41. The zero-order valence-electron chi connectivity index (χ0n) is 16.9. The standard InChI is InChI=1S/C22H17F2N3O5/c1-31-21(29)17-16(11-6-4-3-5-7-11)13(10-25)20(26)27(19(17)22(30)32-2)18-14(23)8-12(28)9-15(18)24/h3-9,16,28H,26H2,1-2H3. The van der Waals surface area contributed by atoms with Gasteiger partial charge in [-0.05, 0) is 5.56 Å². The number of rotatable bonds is 4. The highest BCUT2D eigenvalue weighted by Crippen LogP contribution is 2.44. The summed E-state index contributed by atoms with van der Waals surface area (Å²) in [6.45, 7) is 0. The highest BCUT2D eigenvalue weighted by atomic mass is 19.1. The third-order valence-electron chi connectivity index (χ3n) is 4.84. The molecular weight excluding hydrogens is 424 g/mol. The number of carbonyl (C=O) groups excluding carboxylic acids is 2. The molecule has 1 unspecified atom stereocenters. The summed E-state index contributed by atoms with van der Waals surface area (Å²) in [5.74, 6) is -7.19. The number of hydrogen-bond donors (Lipinski definition) is 2. The topological polar surface area (TPSA) is 126 Å². The molecule has 1 atom stereocenters. The molecule has 1 heterocycles. The predicted octanol–water partition coefficient (Wildman–Crippen LogP) is 2.57. The van der Waals surface area contributed by atoms with Crippen LogP contribution in [0.5, 0.6) is 5.75 Å². The Morgan fingerprint density at radius 2 is 1.66 bits per heavy atom. The van der Waals surface area contributed by atoms with Crippen molar-refractivity contribution in [3.63, 3.8) is 0 Å². The van der Waals surface area contributed by atoms with Gasteiger partial charge in [0.05, 0.1) is 37.4 Å². The molecule has 0 saturated carbocycles. The van der Waals surface area contributed by atoms with Crippen LogP contribution in [0.3, 0.4) is 0 Å². The summed E-state index contributed by atoms with van der Waals surface area (Å²) in [6, 6.07) is 11.2. The van der Waals surface area contributed by atoms with E-state index in [0.717, 1.165) is 14.2 Å². The second-order valence-corrected chi connectivity index (χ2v) is 6.59. The van der Waals surface area contributed by atoms with Gasteiger partial charge in [0, 0.05) is 12.1 Å². The highest BCUT2D eigenvalue weighted by molar-refractivity contribution is 6.06. The number of phenolic OH excluding ortho intramolecular Hbond substituents is 1. The Hall–Kier alpha value is -4.39. The minimum atomic E-state index is -1.30. The van der Waals surface area contributed by atoms with Gasteiger partial charge in [-0.3, -0.25) is 4.90 Å². The molecule has 32 heavy (non-hydrogen) atoms. The van der Waals surface area contributed by atoms with E-state index >= 15 is 0 Å². The molecule has 0 aromatic heterocycles. The van der Waals surface area contributed by atoms with E-state index < -0.39 is 58.0 Å². The first-order valence-electron chi connectivity index (χ1n) is 9.10. The number of nitrogens with zero attached hydrogens (tertiary/aromatic N) is 2. The third-order valence-corrected chi connectivity index (χ3v) is 4.84. The fourth-order valence-corrected chi connectivity index (χ4v) is 3.51. The molecule has 3 rings (SSSR count). The molecule has 0 spiro atoms. The molecule has 0 saturated heterocycles. The zero-order chi connectivity index (χ0) is 23.6. The van der Waals surface area contributed by atoms with E-state index in [2.05, 4.69) is 0 Å². The molecule has 164 valence electrons. The van der Waals surface area contributed by atoms with Gasteiger partial charge in [0.1, 0.15) is 23.0 Å². The molecule has 0 fully saturated rings. The number of hydrogen-bond acceptors (Lipinski definition) is 8. The molecule has 0 bridgehead atoms. The molecule has 3 N–H and O–H groups in total. The van der Waals surface area contributed by atoms with Crippen LogP contribution in [0.15, 0.2) is 65.1 Å². The zero-order valence-corrected chi connectivity index (χ0v) is 16.9. The van der Waals surface area contributed by atoms with Crippen molar-refractivity contribution in [2.45, 2.75) is 5.92 Å².